The lowest BCUT2D eigenvalue weighted by atomic mass is 9.99. The molecule has 3 rings (SSSR count). The van der Waals surface area contributed by atoms with Crippen LogP contribution in [0.1, 0.15) is 38.4 Å². The van der Waals surface area contributed by atoms with E-state index in [-0.39, 0.29) is 12.5 Å². The van der Waals surface area contributed by atoms with Crippen LogP contribution in [0.4, 0.5) is 0 Å². The zero-order valence-electron chi connectivity index (χ0n) is 16.4. The molecule has 0 saturated heterocycles. The van der Waals surface area contributed by atoms with Gasteiger partial charge in [0.25, 0.3) is 0 Å². The number of rotatable bonds is 8. The third-order valence-corrected chi connectivity index (χ3v) is 4.94. The van der Waals surface area contributed by atoms with E-state index in [1.165, 1.54) is 16.6 Å². The Morgan fingerprint density at radius 1 is 1.39 bits per heavy atom. The zero-order valence-corrected chi connectivity index (χ0v) is 16.4. The van der Waals surface area contributed by atoms with E-state index in [1.54, 1.807) is 11.6 Å². The van der Waals surface area contributed by atoms with Crippen LogP contribution >= 0.6 is 0 Å². The lowest BCUT2D eigenvalue weighted by molar-refractivity contribution is -0.128. The summed E-state index contributed by atoms with van der Waals surface area (Å²) in [6.07, 6.45) is 2.66. The smallest absolute Gasteiger partial charge is 0.247 e. The number of benzene rings is 1. The van der Waals surface area contributed by atoms with Crippen LogP contribution in [0.15, 0.2) is 52.4 Å². The van der Waals surface area contributed by atoms with Gasteiger partial charge in [-0.1, -0.05) is 37.3 Å². The van der Waals surface area contributed by atoms with Gasteiger partial charge in [0, 0.05) is 24.2 Å². The normalized spacial score (nSPS) is 16.5. The summed E-state index contributed by atoms with van der Waals surface area (Å²) in [6, 6.07) is 10.6. The summed E-state index contributed by atoms with van der Waals surface area (Å²) in [4.78, 5) is 11.3. The average Bonchev–Trinajstić information content (AvgIpc) is 3.29. The minimum atomic E-state index is -0.469. The van der Waals surface area contributed by atoms with E-state index in [9.17, 15) is 4.79 Å². The molecule has 28 heavy (non-hydrogen) atoms. The monoisotopic (exact) mass is 384 g/mol. The van der Waals surface area contributed by atoms with Crippen LogP contribution in [0.2, 0.25) is 0 Å². The number of aryl methyl sites for hydroxylation is 1. The molecule has 1 atom stereocenters. The number of nitrogens with one attached hydrogen (secondary N) is 1. The van der Waals surface area contributed by atoms with Gasteiger partial charge in [-0.3, -0.25) is 15.0 Å². The number of para-hydroxylation sites is 1. The lowest BCUT2D eigenvalue weighted by Gasteiger charge is -2.29. The number of nitrogens with two attached hydrogens (primary N) is 1. The number of amides is 1. The van der Waals surface area contributed by atoms with Crippen LogP contribution in [-0.4, -0.2) is 33.8 Å². The highest BCUT2D eigenvalue weighted by Crippen LogP contribution is 2.36. The quantitative estimate of drug-likeness (QED) is 0.480. The van der Waals surface area contributed by atoms with Crippen LogP contribution in [-0.2, 0) is 11.3 Å². The van der Waals surface area contributed by atoms with Crippen LogP contribution < -0.4 is 11.2 Å². The molecule has 0 bridgehead atoms. The fraction of sp³-hybridized carbons (Fsp3) is 0.450. The Bertz CT molecular complexity index is 886. The van der Waals surface area contributed by atoms with Crippen LogP contribution in [0.25, 0.3) is 10.9 Å². The lowest BCUT2D eigenvalue weighted by Crippen LogP contribution is -2.28. The van der Waals surface area contributed by atoms with Crippen molar-refractivity contribution in [2.75, 3.05) is 13.1 Å². The second kappa shape index (κ2) is 8.99. The first-order chi connectivity index (χ1) is 13.5. The van der Waals surface area contributed by atoms with Crippen molar-refractivity contribution in [3.8, 4) is 0 Å². The minimum absolute atomic E-state index is 0.0477. The summed E-state index contributed by atoms with van der Waals surface area (Å²) in [5.41, 5.74) is 10.5. The van der Waals surface area contributed by atoms with Crippen molar-refractivity contribution in [2.45, 2.75) is 39.3 Å². The maximum atomic E-state index is 11.3. The van der Waals surface area contributed by atoms with E-state index in [4.69, 9.17) is 10.9 Å². The number of aromatic nitrogens is 1. The van der Waals surface area contributed by atoms with Gasteiger partial charge in [-0.05, 0) is 42.5 Å². The van der Waals surface area contributed by atoms with Crippen molar-refractivity contribution >= 4 is 16.8 Å². The van der Waals surface area contributed by atoms with E-state index in [2.05, 4.69) is 53.0 Å². The number of hydrogen-bond donors (Lipinski definition) is 3. The molecular formula is C20H28N6O2. The third-order valence-electron chi connectivity index (χ3n) is 4.94. The van der Waals surface area contributed by atoms with E-state index < -0.39 is 5.91 Å². The molecule has 0 spiro atoms. The number of hydroxylamine groups is 1. The number of carbonyl (C=O) groups is 1. The molecule has 8 nitrogen and oxygen atoms in total. The molecule has 1 unspecified atom stereocenters. The Balaban J connectivity index is 1.91. The summed E-state index contributed by atoms with van der Waals surface area (Å²) in [6.45, 7) is 6.37. The summed E-state index contributed by atoms with van der Waals surface area (Å²) in [5, 5.41) is 20.4. The van der Waals surface area contributed by atoms with E-state index in [0.29, 0.717) is 19.0 Å². The standard InChI is InChI=1S/C20H28N6O2/c1-14(2)20(26-13-16(22-24-26)8-9-19(27)23-28)18-12-15-6-3-4-7-17(15)25(18)11-5-10-21/h3-4,6-8,12,14,20,28H,5,9-11,13,21H2,1-2H3,(H,23,27)/b16-8-. The molecule has 8 heteroatoms. The zero-order chi connectivity index (χ0) is 20.1. The van der Waals surface area contributed by atoms with Gasteiger partial charge in [-0.25, -0.2) is 5.48 Å². The molecule has 2 aromatic rings. The molecule has 1 aliphatic heterocycles. The first-order valence-corrected chi connectivity index (χ1v) is 9.63. The van der Waals surface area contributed by atoms with Crippen LogP contribution in [0.3, 0.4) is 0 Å². The highest BCUT2D eigenvalue weighted by atomic mass is 16.5. The fourth-order valence-corrected chi connectivity index (χ4v) is 3.67. The molecule has 1 amide bonds. The molecule has 4 N–H and O–H groups in total. The SMILES string of the molecule is CC(C)C(c1cc2ccccc2n1CCCN)N1C/C(=C/CC(=O)NO)N=N1. The Labute approximate surface area is 164 Å². The second-order valence-electron chi connectivity index (χ2n) is 7.33. The Morgan fingerprint density at radius 2 is 2.18 bits per heavy atom. The second-order valence-corrected chi connectivity index (χ2v) is 7.33. The van der Waals surface area contributed by atoms with Crippen LogP contribution in [0, 0.1) is 5.92 Å². The summed E-state index contributed by atoms with van der Waals surface area (Å²) in [7, 11) is 0. The van der Waals surface area contributed by atoms with E-state index >= 15 is 0 Å². The predicted octanol–water partition coefficient (Wildman–Crippen LogP) is 3.15. The average molecular weight is 384 g/mol. The molecular weight excluding hydrogens is 356 g/mol. The van der Waals surface area contributed by atoms with Crippen LogP contribution in [0.5, 0.6) is 0 Å². The summed E-state index contributed by atoms with van der Waals surface area (Å²) >= 11 is 0. The van der Waals surface area contributed by atoms with Crippen molar-refractivity contribution in [1.82, 2.24) is 15.1 Å². The third kappa shape index (κ3) is 4.23. The molecule has 2 heterocycles. The van der Waals surface area contributed by atoms with Gasteiger partial charge < -0.3 is 10.3 Å². The van der Waals surface area contributed by atoms with Gasteiger partial charge in [-0.15, -0.1) is 5.11 Å². The maximum absolute atomic E-state index is 11.3. The van der Waals surface area contributed by atoms with Gasteiger partial charge in [-0.2, -0.15) is 0 Å². The maximum Gasteiger partial charge on any atom is 0.247 e. The van der Waals surface area contributed by atoms with Crippen molar-refractivity contribution in [3.05, 3.63) is 47.8 Å². The number of hydrogen-bond acceptors (Lipinski definition) is 6. The molecule has 0 aliphatic carbocycles. The van der Waals surface area contributed by atoms with Crippen molar-refractivity contribution in [2.24, 2.45) is 22.0 Å². The highest BCUT2D eigenvalue weighted by Gasteiger charge is 2.30. The van der Waals surface area contributed by atoms with Crippen molar-refractivity contribution in [1.29, 1.82) is 0 Å². The van der Waals surface area contributed by atoms with Crippen molar-refractivity contribution in [3.63, 3.8) is 0 Å². The van der Waals surface area contributed by atoms with Gasteiger partial charge >= 0.3 is 0 Å². The van der Waals surface area contributed by atoms with E-state index in [0.717, 1.165) is 18.7 Å². The Hall–Kier alpha value is -2.71. The Morgan fingerprint density at radius 3 is 2.89 bits per heavy atom. The number of nitrogens with zero attached hydrogens (tertiary/aromatic N) is 4. The molecule has 1 aliphatic rings. The molecule has 150 valence electrons. The van der Waals surface area contributed by atoms with Gasteiger partial charge in [0.05, 0.1) is 18.3 Å². The molecule has 0 fully saturated rings. The minimum Gasteiger partial charge on any atom is -0.343 e. The number of carbonyl (C=O) groups excluding carboxylic acids is 1. The highest BCUT2D eigenvalue weighted by molar-refractivity contribution is 5.81. The van der Waals surface area contributed by atoms with Gasteiger partial charge in [0.15, 0.2) is 0 Å². The summed E-state index contributed by atoms with van der Waals surface area (Å²) < 4.78 is 2.34. The Kier molecular flexibility index (Phi) is 6.43. The molecule has 1 aromatic carbocycles. The van der Waals surface area contributed by atoms with E-state index in [1.807, 2.05) is 11.1 Å². The first-order valence-electron chi connectivity index (χ1n) is 9.63. The fourth-order valence-electron chi connectivity index (χ4n) is 3.67. The largest absolute Gasteiger partial charge is 0.343 e. The predicted molar refractivity (Wildman–Crippen MR) is 107 cm³/mol. The van der Waals surface area contributed by atoms with Gasteiger partial charge in [0.1, 0.15) is 0 Å². The molecule has 0 saturated carbocycles. The van der Waals surface area contributed by atoms with Crippen molar-refractivity contribution < 1.29 is 10.0 Å². The summed E-state index contributed by atoms with van der Waals surface area (Å²) in [5.74, 6) is -0.163. The topological polar surface area (TPSA) is 108 Å². The van der Waals surface area contributed by atoms with Gasteiger partial charge in [0.2, 0.25) is 5.91 Å². The molecule has 0 radical (unpaired) electrons. The first kappa shape index (κ1) is 20.0. The molecule has 1 aromatic heterocycles. The number of fused-ring (bicyclic) bond motifs is 1.